The summed E-state index contributed by atoms with van der Waals surface area (Å²) < 4.78 is 5.30. The van der Waals surface area contributed by atoms with E-state index >= 15 is 0 Å². The number of ether oxygens (including phenoxy) is 1. The average Bonchev–Trinajstić information content (AvgIpc) is 2.73. The second-order valence-electron chi connectivity index (χ2n) is 7.14. The maximum Gasteiger partial charge on any atom is 0.241 e. The molecule has 1 amide bonds. The molecule has 0 radical (unpaired) electrons. The fourth-order valence-corrected chi connectivity index (χ4v) is 3.63. The third kappa shape index (κ3) is 5.08. The molecular formula is C22H26ClN3O3. The molecule has 0 spiro atoms. The van der Waals surface area contributed by atoms with Crippen LogP contribution >= 0.6 is 11.6 Å². The largest absolute Gasteiger partial charge is 0.495 e. The first-order valence-corrected chi connectivity index (χ1v) is 10.0. The number of amides is 1. The van der Waals surface area contributed by atoms with E-state index in [0.29, 0.717) is 22.0 Å². The molecule has 1 fully saturated rings. The Labute approximate surface area is 176 Å². The summed E-state index contributed by atoms with van der Waals surface area (Å²) in [7, 11) is 1.56. The van der Waals surface area contributed by atoms with Crippen LogP contribution in [0.1, 0.15) is 24.2 Å². The second-order valence-corrected chi connectivity index (χ2v) is 7.57. The first-order chi connectivity index (χ1) is 13.9. The maximum absolute atomic E-state index is 12.7. The van der Waals surface area contributed by atoms with Gasteiger partial charge in [0.25, 0.3) is 0 Å². The fraction of sp³-hybridized carbons (Fsp3) is 0.364. The molecule has 2 aromatic carbocycles. The van der Waals surface area contributed by atoms with Gasteiger partial charge in [-0.05, 0) is 56.3 Å². The zero-order valence-corrected chi connectivity index (χ0v) is 17.7. The molecule has 1 aliphatic rings. The van der Waals surface area contributed by atoms with Crippen molar-refractivity contribution >= 4 is 34.7 Å². The smallest absolute Gasteiger partial charge is 0.241 e. The summed E-state index contributed by atoms with van der Waals surface area (Å²) in [6, 6.07) is 12.5. The summed E-state index contributed by atoms with van der Waals surface area (Å²) in [5.41, 5.74) is 2.38. The summed E-state index contributed by atoms with van der Waals surface area (Å²) >= 11 is 6.05. The number of carbonyl (C=O) groups excluding carboxylic acids is 2. The van der Waals surface area contributed by atoms with Gasteiger partial charge in [-0.1, -0.05) is 11.6 Å². The van der Waals surface area contributed by atoms with Crippen LogP contribution in [0.25, 0.3) is 0 Å². The van der Waals surface area contributed by atoms with Gasteiger partial charge in [0.1, 0.15) is 5.75 Å². The van der Waals surface area contributed by atoms with Crippen molar-refractivity contribution in [1.82, 2.24) is 4.90 Å². The lowest BCUT2D eigenvalue weighted by molar-refractivity contribution is -0.120. The van der Waals surface area contributed by atoms with Crippen molar-refractivity contribution in [2.45, 2.75) is 19.9 Å². The summed E-state index contributed by atoms with van der Waals surface area (Å²) in [4.78, 5) is 28.6. The molecule has 0 aliphatic carbocycles. The first kappa shape index (κ1) is 21.1. The van der Waals surface area contributed by atoms with Gasteiger partial charge in [0.05, 0.1) is 18.8 Å². The van der Waals surface area contributed by atoms with Crippen LogP contribution in [0, 0.1) is 0 Å². The molecule has 1 heterocycles. The molecule has 0 unspecified atom stereocenters. The molecule has 6 nitrogen and oxygen atoms in total. The van der Waals surface area contributed by atoms with Crippen molar-refractivity contribution in [3.8, 4) is 5.75 Å². The standard InChI is InChI=1S/C22H26ClN3O3/c1-15(22(28)24-20-14-18(23)6-9-21(20)29-3)25-10-12-26(13-11-25)19-7-4-17(5-8-19)16(2)27/h4-9,14-15H,10-13H2,1-3H3,(H,24,28)/t15-/m0/s1. The SMILES string of the molecule is COc1ccc(Cl)cc1NC(=O)[C@H](C)N1CCN(c2ccc(C(C)=O)cc2)CC1. The highest BCUT2D eigenvalue weighted by molar-refractivity contribution is 6.31. The van der Waals surface area contributed by atoms with Gasteiger partial charge in [-0.15, -0.1) is 0 Å². The van der Waals surface area contributed by atoms with Crippen LogP contribution in [0.15, 0.2) is 42.5 Å². The molecule has 0 aromatic heterocycles. The highest BCUT2D eigenvalue weighted by Crippen LogP contribution is 2.28. The molecule has 0 saturated carbocycles. The minimum Gasteiger partial charge on any atom is -0.495 e. The van der Waals surface area contributed by atoms with Gasteiger partial charge in [0.2, 0.25) is 5.91 Å². The number of rotatable bonds is 6. The van der Waals surface area contributed by atoms with Gasteiger partial charge < -0.3 is 15.0 Å². The van der Waals surface area contributed by atoms with Crippen LogP contribution in [0.4, 0.5) is 11.4 Å². The van der Waals surface area contributed by atoms with Crippen LogP contribution in [0.3, 0.4) is 0 Å². The van der Waals surface area contributed by atoms with E-state index in [1.165, 1.54) is 0 Å². The van der Waals surface area contributed by atoms with Crippen LogP contribution in [0.5, 0.6) is 5.75 Å². The lowest BCUT2D eigenvalue weighted by Crippen LogP contribution is -2.52. The third-order valence-electron chi connectivity index (χ3n) is 5.30. The lowest BCUT2D eigenvalue weighted by atomic mass is 10.1. The van der Waals surface area contributed by atoms with E-state index in [9.17, 15) is 9.59 Å². The van der Waals surface area contributed by atoms with E-state index in [-0.39, 0.29) is 17.7 Å². The first-order valence-electron chi connectivity index (χ1n) is 9.63. The molecule has 29 heavy (non-hydrogen) atoms. The number of nitrogens with one attached hydrogen (secondary N) is 1. The van der Waals surface area contributed by atoms with Crippen molar-refractivity contribution in [3.63, 3.8) is 0 Å². The predicted octanol–water partition coefficient (Wildman–Crippen LogP) is 3.70. The van der Waals surface area contributed by atoms with E-state index in [2.05, 4.69) is 15.1 Å². The lowest BCUT2D eigenvalue weighted by Gasteiger charge is -2.38. The van der Waals surface area contributed by atoms with Gasteiger partial charge in [-0.2, -0.15) is 0 Å². The molecule has 0 bridgehead atoms. The van der Waals surface area contributed by atoms with Gasteiger partial charge >= 0.3 is 0 Å². The van der Waals surface area contributed by atoms with Gasteiger partial charge in [0.15, 0.2) is 5.78 Å². The molecule has 3 rings (SSSR count). The quantitative estimate of drug-likeness (QED) is 0.729. The molecule has 1 saturated heterocycles. The highest BCUT2D eigenvalue weighted by atomic mass is 35.5. The minimum absolute atomic E-state index is 0.0672. The summed E-state index contributed by atoms with van der Waals surface area (Å²) in [5.74, 6) is 0.552. The molecular weight excluding hydrogens is 390 g/mol. The Kier molecular flexibility index (Phi) is 6.77. The zero-order chi connectivity index (χ0) is 21.0. The Morgan fingerprint density at radius 2 is 1.72 bits per heavy atom. The summed E-state index contributed by atoms with van der Waals surface area (Å²) in [6.07, 6.45) is 0. The van der Waals surface area contributed by atoms with E-state index in [4.69, 9.17) is 16.3 Å². The van der Waals surface area contributed by atoms with Crippen molar-refractivity contribution in [3.05, 3.63) is 53.1 Å². The van der Waals surface area contributed by atoms with Crippen LogP contribution < -0.4 is 15.0 Å². The Morgan fingerprint density at radius 1 is 1.07 bits per heavy atom. The Hall–Kier alpha value is -2.57. The number of methoxy groups -OCH3 is 1. The molecule has 1 atom stereocenters. The highest BCUT2D eigenvalue weighted by Gasteiger charge is 2.26. The van der Waals surface area contributed by atoms with Crippen molar-refractivity contribution in [1.29, 1.82) is 0 Å². The zero-order valence-electron chi connectivity index (χ0n) is 16.9. The molecule has 2 aromatic rings. The Morgan fingerprint density at radius 3 is 2.31 bits per heavy atom. The summed E-state index contributed by atoms with van der Waals surface area (Å²) in [6.45, 7) is 6.66. The fourth-order valence-electron chi connectivity index (χ4n) is 3.46. The molecule has 1 N–H and O–H groups in total. The summed E-state index contributed by atoms with van der Waals surface area (Å²) in [5, 5.41) is 3.46. The normalized spacial score (nSPS) is 15.7. The Bertz CT molecular complexity index is 877. The monoisotopic (exact) mass is 415 g/mol. The number of carbonyl (C=O) groups is 2. The number of benzene rings is 2. The van der Waals surface area contributed by atoms with Crippen LogP contribution in [-0.2, 0) is 4.79 Å². The van der Waals surface area contributed by atoms with Crippen LogP contribution in [0.2, 0.25) is 5.02 Å². The number of anilines is 2. The van der Waals surface area contributed by atoms with E-state index in [1.54, 1.807) is 32.2 Å². The minimum atomic E-state index is -0.277. The van der Waals surface area contributed by atoms with Crippen molar-refractivity contribution in [2.24, 2.45) is 0 Å². The number of hydrogen-bond donors (Lipinski definition) is 1. The topological polar surface area (TPSA) is 61.9 Å². The van der Waals surface area contributed by atoms with Gasteiger partial charge in [0, 0.05) is 42.5 Å². The number of halogens is 1. The van der Waals surface area contributed by atoms with E-state index in [1.807, 2.05) is 31.2 Å². The number of piperazine rings is 1. The molecule has 7 heteroatoms. The van der Waals surface area contributed by atoms with Gasteiger partial charge in [-0.3, -0.25) is 14.5 Å². The number of ketones is 1. The molecule has 154 valence electrons. The Balaban J connectivity index is 1.58. The predicted molar refractivity (Wildman–Crippen MR) is 116 cm³/mol. The number of Topliss-reactive ketones (excluding diaryl/α,β-unsaturated/α-hetero) is 1. The number of hydrogen-bond acceptors (Lipinski definition) is 5. The number of nitrogens with zero attached hydrogens (tertiary/aromatic N) is 2. The van der Waals surface area contributed by atoms with E-state index < -0.39 is 0 Å². The second kappa shape index (κ2) is 9.29. The van der Waals surface area contributed by atoms with Crippen molar-refractivity contribution < 1.29 is 14.3 Å². The third-order valence-corrected chi connectivity index (χ3v) is 5.53. The average molecular weight is 416 g/mol. The van der Waals surface area contributed by atoms with E-state index in [0.717, 1.165) is 31.9 Å². The van der Waals surface area contributed by atoms with Gasteiger partial charge in [-0.25, -0.2) is 0 Å². The molecule has 1 aliphatic heterocycles. The van der Waals surface area contributed by atoms with Crippen LogP contribution in [-0.4, -0.2) is 55.9 Å². The van der Waals surface area contributed by atoms with Crippen molar-refractivity contribution in [2.75, 3.05) is 43.5 Å². The maximum atomic E-state index is 12.7.